The predicted molar refractivity (Wildman–Crippen MR) is 32.1 cm³/mol. The maximum Gasteiger partial charge on any atom is 0.176 e. The quantitative estimate of drug-likeness (QED) is 0.323. The van der Waals surface area contributed by atoms with Gasteiger partial charge in [-0.1, -0.05) is 5.06 Å². The molecule has 10 heavy (non-hydrogen) atoms. The van der Waals surface area contributed by atoms with Crippen molar-refractivity contribution < 1.29 is 15.2 Å². The Morgan fingerprint density at radius 3 is 1.90 bits per heavy atom. The fourth-order valence-corrected chi connectivity index (χ4v) is 0.487. The number of hydrogen-bond donors (Lipinski definition) is 2. The van der Waals surface area contributed by atoms with Crippen molar-refractivity contribution in [2.45, 2.75) is 26.3 Å². The van der Waals surface area contributed by atoms with Gasteiger partial charge in [0, 0.05) is 0 Å². The third-order valence-electron chi connectivity index (χ3n) is 0.864. The summed E-state index contributed by atoms with van der Waals surface area (Å²) >= 11 is 0. The van der Waals surface area contributed by atoms with Crippen molar-refractivity contribution in [1.82, 2.24) is 5.06 Å². The van der Waals surface area contributed by atoms with Crippen molar-refractivity contribution in [1.29, 1.82) is 0 Å². The highest BCUT2D eigenvalue weighted by atomic mass is 16.9. The first-order chi connectivity index (χ1) is 4.59. The lowest BCUT2D eigenvalue weighted by Gasteiger charge is -2.21. The van der Waals surface area contributed by atoms with Crippen LogP contribution < -0.4 is 0 Å². The van der Waals surface area contributed by atoms with Crippen LogP contribution in [0.5, 0.6) is 0 Å². The van der Waals surface area contributed by atoms with E-state index in [0.29, 0.717) is 5.06 Å². The van der Waals surface area contributed by atoms with Crippen LogP contribution in [0.15, 0.2) is 5.34 Å². The normalized spacial score (nSPS) is 16.5. The minimum Gasteiger partial charge on any atom is -0.375 e. The van der Waals surface area contributed by atoms with Crippen LogP contribution in [-0.4, -0.2) is 27.7 Å². The summed E-state index contributed by atoms with van der Waals surface area (Å²) in [6.45, 7) is 2.66. The van der Waals surface area contributed by atoms with Crippen molar-refractivity contribution in [3.8, 4) is 0 Å². The van der Waals surface area contributed by atoms with E-state index in [9.17, 15) is 4.91 Å². The summed E-state index contributed by atoms with van der Waals surface area (Å²) in [6.07, 6.45) is -2.14. The van der Waals surface area contributed by atoms with Crippen LogP contribution in [0.25, 0.3) is 0 Å². The standard InChI is InChI=1S/C4H10N2O4/c1-3(7)6(4(2)8)10-5-9/h3-4,7-8H,1-2H3. The minimum atomic E-state index is -1.07. The lowest BCUT2D eigenvalue weighted by Crippen LogP contribution is -2.38. The van der Waals surface area contributed by atoms with Gasteiger partial charge in [0.15, 0.2) is 5.34 Å². The zero-order chi connectivity index (χ0) is 8.15. The minimum absolute atomic E-state index is 0.646. The van der Waals surface area contributed by atoms with E-state index < -0.39 is 12.5 Å². The summed E-state index contributed by atoms with van der Waals surface area (Å²) in [4.78, 5) is 13.5. The molecule has 0 aromatic rings. The molecule has 0 aliphatic rings. The summed E-state index contributed by atoms with van der Waals surface area (Å²) in [7, 11) is 0. The van der Waals surface area contributed by atoms with E-state index in [1.165, 1.54) is 13.8 Å². The Labute approximate surface area is 57.9 Å². The zero-order valence-corrected chi connectivity index (χ0v) is 5.76. The average Bonchev–Trinajstić information content (AvgIpc) is 1.81. The molecule has 0 amide bonds. The van der Waals surface area contributed by atoms with Crippen LogP contribution in [0.4, 0.5) is 0 Å². The summed E-state index contributed by atoms with van der Waals surface area (Å²) in [5.41, 5.74) is 0. The Balaban J connectivity index is 3.84. The predicted octanol–water partition coefficient (Wildman–Crippen LogP) is -0.422. The molecule has 0 aliphatic heterocycles. The summed E-state index contributed by atoms with van der Waals surface area (Å²) in [5.74, 6) is 0. The Hall–Kier alpha value is -0.720. The van der Waals surface area contributed by atoms with Crippen molar-refractivity contribution in [2.75, 3.05) is 0 Å². The summed E-state index contributed by atoms with van der Waals surface area (Å²) in [6, 6.07) is 0. The van der Waals surface area contributed by atoms with Gasteiger partial charge in [-0.2, -0.15) is 0 Å². The molecule has 0 saturated heterocycles. The second-order valence-electron chi connectivity index (χ2n) is 1.78. The smallest absolute Gasteiger partial charge is 0.176 e. The van der Waals surface area contributed by atoms with Gasteiger partial charge < -0.3 is 10.2 Å². The van der Waals surface area contributed by atoms with Gasteiger partial charge in [-0.3, -0.25) is 4.94 Å². The highest BCUT2D eigenvalue weighted by molar-refractivity contribution is 4.43. The fourth-order valence-electron chi connectivity index (χ4n) is 0.487. The first-order valence-corrected chi connectivity index (χ1v) is 2.74. The zero-order valence-electron chi connectivity index (χ0n) is 5.76. The van der Waals surface area contributed by atoms with Crippen LogP contribution in [0.3, 0.4) is 0 Å². The Morgan fingerprint density at radius 2 is 1.80 bits per heavy atom. The van der Waals surface area contributed by atoms with E-state index in [4.69, 9.17) is 10.2 Å². The molecule has 2 N–H and O–H groups in total. The highest BCUT2D eigenvalue weighted by Crippen LogP contribution is 2.01. The Morgan fingerprint density at radius 1 is 1.40 bits per heavy atom. The van der Waals surface area contributed by atoms with Crippen molar-refractivity contribution in [3.05, 3.63) is 4.91 Å². The van der Waals surface area contributed by atoms with E-state index in [2.05, 4.69) is 4.94 Å². The van der Waals surface area contributed by atoms with E-state index in [0.717, 1.165) is 0 Å². The molecule has 2 unspecified atom stereocenters. The molecule has 2 atom stereocenters. The molecule has 0 saturated carbocycles. The third kappa shape index (κ3) is 2.72. The fraction of sp³-hybridized carbons (Fsp3) is 1.00. The molecular weight excluding hydrogens is 140 g/mol. The van der Waals surface area contributed by atoms with E-state index in [1.54, 1.807) is 0 Å². The Kier molecular flexibility index (Phi) is 3.85. The van der Waals surface area contributed by atoms with Gasteiger partial charge in [0.1, 0.15) is 12.5 Å². The van der Waals surface area contributed by atoms with Crippen molar-refractivity contribution >= 4 is 0 Å². The van der Waals surface area contributed by atoms with Gasteiger partial charge in [0.05, 0.1) is 0 Å². The molecular formula is C4H10N2O4. The molecule has 0 radical (unpaired) electrons. The number of rotatable bonds is 4. The summed E-state index contributed by atoms with van der Waals surface area (Å²) < 4.78 is 0. The van der Waals surface area contributed by atoms with Gasteiger partial charge in [-0.15, -0.1) is 4.91 Å². The maximum atomic E-state index is 9.49. The molecule has 6 heteroatoms. The van der Waals surface area contributed by atoms with E-state index in [1.807, 2.05) is 5.34 Å². The van der Waals surface area contributed by atoms with Gasteiger partial charge >= 0.3 is 0 Å². The molecule has 0 aromatic carbocycles. The molecule has 0 heterocycles. The van der Waals surface area contributed by atoms with Gasteiger partial charge in [-0.25, -0.2) is 0 Å². The Bertz CT molecular complexity index is 97.4. The molecule has 0 aliphatic carbocycles. The van der Waals surface area contributed by atoms with Crippen LogP contribution in [0.1, 0.15) is 13.8 Å². The topological polar surface area (TPSA) is 82.4 Å². The van der Waals surface area contributed by atoms with Gasteiger partial charge in [0.25, 0.3) is 0 Å². The first kappa shape index (κ1) is 9.28. The second kappa shape index (κ2) is 4.15. The number of nitrogens with zero attached hydrogens (tertiary/aromatic N) is 2. The molecule has 0 aromatic heterocycles. The van der Waals surface area contributed by atoms with Gasteiger partial charge in [0.2, 0.25) is 0 Å². The van der Waals surface area contributed by atoms with Crippen LogP contribution in [0.2, 0.25) is 0 Å². The molecule has 0 bridgehead atoms. The summed E-state index contributed by atoms with van der Waals surface area (Å²) in [5, 5.41) is 20.2. The van der Waals surface area contributed by atoms with Crippen LogP contribution in [0, 0.1) is 4.91 Å². The molecule has 0 spiro atoms. The second-order valence-corrected chi connectivity index (χ2v) is 1.78. The van der Waals surface area contributed by atoms with Crippen LogP contribution >= 0.6 is 0 Å². The maximum absolute atomic E-state index is 9.49. The molecule has 60 valence electrons. The van der Waals surface area contributed by atoms with Crippen molar-refractivity contribution in [3.63, 3.8) is 0 Å². The lowest BCUT2D eigenvalue weighted by molar-refractivity contribution is -0.294. The third-order valence-corrected chi connectivity index (χ3v) is 0.864. The molecule has 0 fully saturated rings. The number of aliphatic hydroxyl groups is 2. The largest absolute Gasteiger partial charge is 0.375 e. The number of hydrogen-bond acceptors (Lipinski definition) is 6. The number of hydroxylamine groups is 2. The monoisotopic (exact) mass is 150 g/mol. The number of aliphatic hydroxyl groups excluding tert-OH is 2. The average molecular weight is 150 g/mol. The molecule has 6 nitrogen and oxygen atoms in total. The first-order valence-electron chi connectivity index (χ1n) is 2.74. The van der Waals surface area contributed by atoms with Gasteiger partial charge in [-0.05, 0) is 13.8 Å². The lowest BCUT2D eigenvalue weighted by atomic mass is 10.5. The van der Waals surface area contributed by atoms with Crippen LogP contribution in [-0.2, 0) is 4.94 Å². The SMILES string of the molecule is CC(O)N(ON=O)C(C)O. The molecule has 0 rings (SSSR count). The van der Waals surface area contributed by atoms with Crippen molar-refractivity contribution in [2.24, 2.45) is 5.34 Å². The van der Waals surface area contributed by atoms with E-state index in [-0.39, 0.29) is 0 Å². The highest BCUT2D eigenvalue weighted by Gasteiger charge is 2.18. The van der Waals surface area contributed by atoms with E-state index >= 15 is 0 Å².